The minimum atomic E-state index is -0.0751. The number of aromatic nitrogens is 2. The fraction of sp³-hybridized carbons (Fsp3) is 0.125. The molecule has 0 radical (unpaired) electrons. The summed E-state index contributed by atoms with van der Waals surface area (Å²) in [6.07, 6.45) is 1.98. The zero-order chi connectivity index (χ0) is 14.7. The van der Waals surface area contributed by atoms with E-state index in [9.17, 15) is 10.2 Å². The van der Waals surface area contributed by atoms with Crippen molar-refractivity contribution in [1.82, 2.24) is 10.1 Å². The number of phenols is 2. The number of hydrogen-bond acceptors (Lipinski definition) is 5. The van der Waals surface area contributed by atoms with Gasteiger partial charge in [-0.2, -0.15) is 4.98 Å². The third kappa shape index (κ3) is 3.02. The van der Waals surface area contributed by atoms with Crippen LogP contribution in [0.5, 0.6) is 11.5 Å². The van der Waals surface area contributed by atoms with Crippen molar-refractivity contribution in [1.29, 1.82) is 0 Å². The van der Waals surface area contributed by atoms with Gasteiger partial charge >= 0.3 is 0 Å². The van der Waals surface area contributed by atoms with Crippen molar-refractivity contribution < 1.29 is 14.7 Å². The Morgan fingerprint density at radius 3 is 2.10 bits per heavy atom. The van der Waals surface area contributed by atoms with E-state index < -0.39 is 0 Å². The Labute approximate surface area is 121 Å². The van der Waals surface area contributed by atoms with Gasteiger partial charge in [0, 0.05) is 0 Å². The maximum atomic E-state index is 9.41. The van der Waals surface area contributed by atoms with Crippen LogP contribution >= 0.6 is 0 Å². The van der Waals surface area contributed by atoms with Gasteiger partial charge in [-0.05, 0) is 41.8 Å². The maximum Gasteiger partial charge on any atom is 0.213 e. The highest BCUT2D eigenvalue weighted by Crippen LogP contribution is 2.28. The third-order valence-corrected chi connectivity index (χ3v) is 3.36. The van der Waals surface area contributed by atoms with E-state index >= 15 is 0 Å². The van der Waals surface area contributed by atoms with E-state index in [4.69, 9.17) is 4.52 Å². The summed E-state index contributed by atoms with van der Waals surface area (Å²) < 4.78 is 4.85. The van der Waals surface area contributed by atoms with Gasteiger partial charge in [0.1, 0.15) is 11.5 Å². The number of rotatable bonds is 4. The summed E-state index contributed by atoms with van der Waals surface area (Å²) >= 11 is 0. The molecule has 2 aromatic carbocycles. The summed E-state index contributed by atoms with van der Waals surface area (Å²) in [5, 5.41) is 22.7. The maximum absolute atomic E-state index is 9.41. The van der Waals surface area contributed by atoms with Crippen LogP contribution in [0, 0.1) is 0 Å². The highest BCUT2D eigenvalue weighted by molar-refractivity contribution is 5.34. The summed E-state index contributed by atoms with van der Waals surface area (Å²) in [7, 11) is 0. The van der Waals surface area contributed by atoms with Gasteiger partial charge in [0.05, 0.1) is 5.92 Å². The number of phenolic OH excluding ortho intramolecular Hbond substituents is 2. The fourth-order valence-corrected chi connectivity index (χ4v) is 2.26. The van der Waals surface area contributed by atoms with Gasteiger partial charge in [-0.3, -0.25) is 0 Å². The van der Waals surface area contributed by atoms with E-state index in [0.717, 1.165) is 11.1 Å². The molecule has 0 fully saturated rings. The minimum Gasteiger partial charge on any atom is -0.508 e. The lowest BCUT2D eigenvalue weighted by atomic mass is 9.91. The first-order valence-electron chi connectivity index (χ1n) is 6.55. The summed E-state index contributed by atoms with van der Waals surface area (Å²) in [6.45, 7) is 0. The van der Waals surface area contributed by atoms with Crippen LogP contribution in [0.15, 0.2) is 59.4 Å². The van der Waals surface area contributed by atoms with Gasteiger partial charge in [0.15, 0.2) is 5.82 Å². The van der Waals surface area contributed by atoms with Crippen molar-refractivity contribution in [2.24, 2.45) is 0 Å². The second kappa shape index (κ2) is 5.66. The molecular formula is C16H14N2O3. The first-order chi connectivity index (χ1) is 10.2. The zero-order valence-electron chi connectivity index (χ0n) is 11.2. The molecule has 1 heterocycles. The number of benzene rings is 2. The third-order valence-electron chi connectivity index (χ3n) is 3.36. The van der Waals surface area contributed by atoms with Crippen molar-refractivity contribution in [3.05, 3.63) is 71.9 Å². The van der Waals surface area contributed by atoms with Crippen LogP contribution in [-0.2, 0) is 6.42 Å². The molecule has 0 aliphatic rings. The van der Waals surface area contributed by atoms with Crippen LogP contribution < -0.4 is 0 Å². The van der Waals surface area contributed by atoms with Crippen molar-refractivity contribution in [3.63, 3.8) is 0 Å². The zero-order valence-corrected chi connectivity index (χ0v) is 11.2. The van der Waals surface area contributed by atoms with E-state index in [1.165, 1.54) is 6.39 Å². The fourth-order valence-electron chi connectivity index (χ4n) is 2.26. The molecule has 3 aromatic rings. The Morgan fingerprint density at radius 1 is 0.905 bits per heavy atom. The molecule has 21 heavy (non-hydrogen) atoms. The highest BCUT2D eigenvalue weighted by atomic mass is 16.5. The van der Waals surface area contributed by atoms with E-state index in [-0.39, 0.29) is 17.4 Å². The molecule has 2 N–H and O–H groups in total. The van der Waals surface area contributed by atoms with Crippen LogP contribution in [-0.4, -0.2) is 20.4 Å². The summed E-state index contributed by atoms with van der Waals surface area (Å²) in [5.74, 6) is 0.970. The Hall–Kier alpha value is -2.82. The molecule has 106 valence electrons. The predicted octanol–water partition coefficient (Wildman–Crippen LogP) is 2.86. The molecule has 5 heteroatoms. The molecule has 1 aromatic heterocycles. The van der Waals surface area contributed by atoms with E-state index in [2.05, 4.69) is 10.1 Å². The SMILES string of the molecule is Oc1ccc(CC(c2ccc(O)cc2)c2ncon2)cc1. The number of nitrogens with zero attached hydrogens (tertiary/aromatic N) is 2. The van der Waals surface area contributed by atoms with Crippen molar-refractivity contribution in [3.8, 4) is 11.5 Å². The first-order valence-corrected chi connectivity index (χ1v) is 6.55. The van der Waals surface area contributed by atoms with Gasteiger partial charge in [0.2, 0.25) is 6.39 Å². The van der Waals surface area contributed by atoms with E-state index in [0.29, 0.717) is 12.2 Å². The normalized spacial score (nSPS) is 12.2. The van der Waals surface area contributed by atoms with Gasteiger partial charge in [-0.1, -0.05) is 29.4 Å². The van der Waals surface area contributed by atoms with Crippen LogP contribution in [0.25, 0.3) is 0 Å². The molecule has 0 aliphatic heterocycles. The lowest BCUT2D eigenvalue weighted by molar-refractivity contribution is 0.407. The molecule has 0 saturated carbocycles. The molecular weight excluding hydrogens is 268 g/mol. The predicted molar refractivity (Wildman–Crippen MR) is 76.1 cm³/mol. The average molecular weight is 282 g/mol. The summed E-state index contributed by atoms with van der Waals surface area (Å²) in [4.78, 5) is 4.14. The number of hydrogen-bond donors (Lipinski definition) is 2. The Bertz CT molecular complexity index is 691. The van der Waals surface area contributed by atoms with Crippen molar-refractivity contribution in [2.75, 3.05) is 0 Å². The standard InChI is InChI=1S/C16H14N2O3/c19-13-5-1-11(2-6-13)9-15(16-17-10-21-18-16)12-3-7-14(20)8-4-12/h1-8,10,15,19-20H,9H2. The molecule has 3 rings (SSSR count). The summed E-state index contributed by atoms with van der Waals surface area (Å²) in [6, 6.07) is 14.0. The van der Waals surface area contributed by atoms with Gasteiger partial charge in [-0.15, -0.1) is 0 Å². The highest BCUT2D eigenvalue weighted by Gasteiger charge is 2.19. The largest absolute Gasteiger partial charge is 0.508 e. The molecule has 0 spiro atoms. The number of aromatic hydroxyl groups is 2. The topological polar surface area (TPSA) is 79.4 Å². The van der Waals surface area contributed by atoms with Crippen molar-refractivity contribution in [2.45, 2.75) is 12.3 Å². The van der Waals surface area contributed by atoms with E-state index in [1.807, 2.05) is 24.3 Å². The van der Waals surface area contributed by atoms with Crippen LogP contribution in [0.1, 0.15) is 22.9 Å². The summed E-state index contributed by atoms with van der Waals surface area (Å²) in [5.41, 5.74) is 2.04. The van der Waals surface area contributed by atoms with Crippen LogP contribution in [0.4, 0.5) is 0 Å². The molecule has 0 amide bonds. The molecule has 0 bridgehead atoms. The molecule has 1 unspecified atom stereocenters. The first kappa shape index (κ1) is 13.2. The average Bonchev–Trinajstić information content (AvgIpc) is 3.02. The minimum absolute atomic E-state index is 0.0751. The second-order valence-electron chi connectivity index (χ2n) is 4.80. The smallest absolute Gasteiger partial charge is 0.213 e. The molecule has 0 aliphatic carbocycles. The quantitative estimate of drug-likeness (QED) is 0.769. The van der Waals surface area contributed by atoms with Gasteiger partial charge < -0.3 is 14.7 Å². The van der Waals surface area contributed by atoms with Gasteiger partial charge in [0.25, 0.3) is 0 Å². The Morgan fingerprint density at radius 2 is 1.52 bits per heavy atom. The monoisotopic (exact) mass is 282 g/mol. The Balaban J connectivity index is 1.93. The second-order valence-corrected chi connectivity index (χ2v) is 4.80. The Kier molecular flexibility index (Phi) is 3.55. The van der Waals surface area contributed by atoms with E-state index in [1.54, 1.807) is 24.3 Å². The lowest BCUT2D eigenvalue weighted by Gasteiger charge is -2.14. The van der Waals surface area contributed by atoms with Gasteiger partial charge in [-0.25, -0.2) is 0 Å². The van der Waals surface area contributed by atoms with Crippen LogP contribution in [0.2, 0.25) is 0 Å². The van der Waals surface area contributed by atoms with Crippen LogP contribution in [0.3, 0.4) is 0 Å². The lowest BCUT2D eigenvalue weighted by Crippen LogP contribution is -2.07. The molecule has 0 saturated heterocycles. The molecule has 1 atom stereocenters. The molecule has 5 nitrogen and oxygen atoms in total. The van der Waals surface area contributed by atoms with Crippen molar-refractivity contribution >= 4 is 0 Å².